The standard InChI is InChI=1S/C21H40O2S/c1-3-4-6-14-20(24)16-15-19-13-9-12-18(19)11-8-5-7-10-17(2)21(22)23/h17-20,24H,3-16H2,1-2H3,(H,22,23)/t17?,18-,19+,20?/m0/s1. The molecule has 1 rings (SSSR count). The van der Waals surface area contributed by atoms with Crippen LogP contribution in [-0.4, -0.2) is 16.3 Å². The van der Waals surface area contributed by atoms with E-state index in [4.69, 9.17) is 17.7 Å². The number of carboxylic acid groups (broad SMARTS) is 1. The topological polar surface area (TPSA) is 37.3 Å². The first-order valence-corrected chi connectivity index (χ1v) is 11.0. The lowest BCUT2D eigenvalue weighted by Crippen LogP contribution is -2.11. The van der Waals surface area contributed by atoms with E-state index in [0.29, 0.717) is 5.25 Å². The predicted molar refractivity (Wildman–Crippen MR) is 107 cm³/mol. The van der Waals surface area contributed by atoms with Crippen molar-refractivity contribution in [2.45, 2.75) is 109 Å². The van der Waals surface area contributed by atoms with Gasteiger partial charge in [0, 0.05) is 5.25 Å². The molecule has 0 aromatic heterocycles. The fourth-order valence-corrected chi connectivity index (χ4v) is 4.54. The van der Waals surface area contributed by atoms with Crippen molar-refractivity contribution >= 4 is 18.6 Å². The van der Waals surface area contributed by atoms with Crippen LogP contribution in [0.3, 0.4) is 0 Å². The summed E-state index contributed by atoms with van der Waals surface area (Å²) in [6.45, 7) is 4.09. The molecule has 0 saturated heterocycles. The minimum atomic E-state index is -0.647. The lowest BCUT2D eigenvalue weighted by molar-refractivity contribution is -0.141. The first kappa shape index (κ1) is 21.9. The first-order chi connectivity index (χ1) is 11.5. The molecular weight excluding hydrogens is 316 g/mol. The summed E-state index contributed by atoms with van der Waals surface area (Å²) < 4.78 is 0. The van der Waals surface area contributed by atoms with Crippen LogP contribution in [0.15, 0.2) is 0 Å². The van der Waals surface area contributed by atoms with E-state index < -0.39 is 5.97 Å². The Balaban J connectivity index is 2.11. The van der Waals surface area contributed by atoms with Gasteiger partial charge in [0.05, 0.1) is 5.92 Å². The van der Waals surface area contributed by atoms with Crippen molar-refractivity contribution in [3.8, 4) is 0 Å². The van der Waals surface area contributed by atoms with Crippen LogP contribution < -0.4 is 0 Å². The number of carbonyl (C=O) groups is 1. The molecule has 2 unspecified atom stereocenters. The van der Waals surface area contributed by atoms with Crippen LogP contribution in [0.2, 0.25) is 0 Å². The molecule has 142 valence electrons. The molecule has 3 heteroatoms. The van der Waals surface area contributed by atoms with Gasteiger partial charge in [-0.3, -0.25) is 4.79 Å². The molecule has 1 fully saturated rings. The third kappa shape index (κ3) is 9.34. The average molecular weight is 357 g/mol. The molecule has 0 spiro atoms. The number of hydrogen-bond donors (Lipinski definition) is 2. The summed E-state index contributed by atoms with van der Waals surface area (Å²) in [5.74, 6) is 1.04. The fraction of sp³-hybridized carbons (Fsp3) is 0.952. The maximum atomic E-state index is 10.8. The SMILES string of the molecule is CCCCCC(S)CC[C@H]1CCC[C@@H]1CCCCCC(C)C(=O)O. The van der Waals surface area contributed by atoms with Crippen LogP contribution >= 0.6 is 12.6 Å². The molecule has 1 aliphatic carbocycles. The quantitative estimate of drug-likeness (QED) is 0.267. The molecule has 24 heavy (non-hydrogen) atoms. The van der Waals surface area contributed by atoms with E-state index >= 15 is 0 Å². The Morgan fingerprint density at radius 1 is 1.00 bits per heavy atom. The average Bonchev–Trinajstić information content (AvgIpc) is 3.00. The van der Waals surface area contributed by atoms with Crippen molar-refractivity contribution in [1.82, 2.24) is 0 Å². The Hall–Kier alpha value is -0.180. The monoisotopic (exact) mass is 356 g/mol. The van der Waals surface area contributed by atoms with Crippen LogP contribution in [-0.2, 0) is 4.79 Å². The summed E-state index contributed by atoms with van der Waals surface area (Å²) in [6, 6.07) is 0. The Bertz CT molecular complexity index is 332. The van der Waals surface area contributed by atoms with E-state index in [1.54, 1.807) is 0 Å². The number of unbranched alkanes of at least 4 members (excludes halogenated alkanes) is 4. The zero-order chi connectivity index (χ0) is 17.8. The van der Waals surface area contributed by atoms with Gasteiger partial charge in [0.1, 0.15) is 0 Å². The maximum Gasteiger partial charge on any atom is 0.306 e. The van der Waals surface area contributed by atoms with Crippen molar-refractivity contribution in [3.63, 3.8) is 0 Å². The smallest absolute Gasteiger partial charge is 0.306 e. The summed E-state index contributed by atoms with van der Waals surface area (Å²) in [5, 5.41) is 9.52. The third-order valence-corrected chi connectivity index (χ3v) is 6.48. The second-order valence-corrected chi connectivity index (χ2v) is 8.79. The Labute approximate surface area is 155 Å². The first-order valence-electron chi connectivity index (χ1n) is 10.5. The molecule has 0 amide bonds. The van der Waals surface area contributed by atoms with Gasteiger partial charge < -0.3 is 5.11 Å². The third-order valence-electron chi connectivity index (χ3n) is 5.96. The Morgan fingerprint density at radius 2 is 1.67 bits per heavy atom. The molecule has 4 atom stereocenters. The van der Waals surface area contributed by atoms with E-state index in [1.807, 2.05) is 6.92 Å². The van der Waals surface area contributed by atoms with Crippen LogP contribution in [0.4, 0.5) is 0 Å². The van der Waals surface area contributed by atoms with E-state index in [0.717, 1.165) is 24.7 Å². The predicted octanol–water partition coefficient (Wildman–Crippen LogP) is 6.73. The molecule has 0 aliphatic heterocycles. The lowest BCUT2D eigenvalue weighted by atomic mass is 9.86. The number of thiol groups is 1. The summed E-state index contributed by atoms with van der Waals surface area (Å²) in [6.07, 6.45) is 18.0. The molecule has 1 N–H and O–H groups in total. The zero-order valence-corrected chi connectivity index (χ0v) is 16.9. The highest BCUT2D eigenvalue weighted by molar-refractivity contribution is 7.80. The maximum absolute atomic E-state index is 10.8. The number of aliphatic carboxylic acids is 1. The van der Waals surface area contributed by atoms with Gasteiger partial charge in [0.2, 0.25) is 0 Å². The summed E-state index contributed by atoms with van der Waals surface area (Å²) in [4.78, 5) is 10.8. The van der Waals surface area contributed by atoms with Crippen molar-refractivity contribution in [3.05, 3.63) is 0 Å². The van der Waals surface area contributed by atoms with Gasteiger partial charge in [0.25, 0.3) is 0 Å². The van der Waals surface area contributed by atoms with Gasteiger partial charge in [-0.1, -0.05) is 78.1 Å². The van der Waals surface area contributed by atoms with Gasteiger partial charge in [0.15, 0.2) is 0 Å². The fourth-order valence-electron chi connectivity index (χ4n) is 4.21. The summed E-state index contributed by atoms with van der Waals surface area (Å²) in [7, 11) is 0. The van der Waals surface area contributed by atoms with E-state index in [2.05, 4.69) is 6.92 Å². The molecule has 0 radical (unpaired) electrons. The van der Waals surface area contributed by atoms with Crippen LogP contribution in [0.1, 0.15) is 104 Å². The van der Waals surface area contributed by atoms with Crippen LogP contribution in [0.25, 0.3) is 0 Å². The number of carboxylic acids is 1. The van der Waals surface area contributed by atoms with Crippen LogP contribution in [0.5, 0.6) is 0 Å². The molecule has 2 nitrogen and oxygen atoms in total. The largest absolute Gasteiger partial charge is 0.481 e. The molecule has 0 bridgehead atoms. The van der Waals surface area contributed by atoms with Gasteiger partial charge in [-0.05, 0) is 37.5 Å². The highest BCUT2D eigenvalue weighted by Gasteiger charge is 2.26. The van der Waals surface area contributed by atoms with E-state index in [1.165, 1.54) is 77.0 Å². The Morgan fingerprint density at radius 3 is 2.33 bits per heavy atom. The van der Waals surface area contributed by atoms with Crippen molar-refractivity contribution < 1.29 is 9.90 Å². The number of rotatable bonds is 14. The second-order valence-electron chi connectivity index (χ2n) is 8.06. The molecule has 1 aliphatic rings. The van der Waals surface area contributed by atoms with Crippen molar-refractivity contribution in [1.29, 1.82) is 0 Å². The minimum absolute atomic E-state index is 0.177. The molecule has 1 saturated carbocycles. The normalized spacial score (nSPS) is 23.3. The second kappa shape index (κ2) is 13.1. The zero-order valence-electron chi connectivity index (χ0n) is 16.0. The van der Waals surface area contributed by atoms with E-state index in [9.17, 15) is 4.79 Å². The number of hydrogen-bond acceptors (Lipinski definition) is 2. The molecule has 0 aromatic rings. The lowest BCUT2D eigenvalue weighted by Gasteiger charge is -2.21. The molecule has 0 heterocycles. The van der Waals surface area contributed by atoms with Gasteiger partial charge in [-0.2, -0.15) is 12.6 Å². The minimum Gasteiger partial charge on any atom is -0.481 e. The highest BCUT2D eigenvalue weighted by Crippen LogP contribution is 2.39. The molecular formula is C21H40O2S. The summed E-state index contributed by atoms with van der Waals surface area (Å²) in [5.41, 5.74) is 0. The van der Waals surface area contributed by atoms with Crippen LogP contribution in [0, 0.1) is 17.8 Å². The van der Waals surface area contributed by atoms with Gasteiger partial charge in [-0.25, -0.2) is 0 Å². The van der Waals surface area contributed by atoms with E-state index in [-0.39, 0.29) is 5.92 Å². The molecule has 0 aromatic carbocycles. The van der Waals surface area contributed by atoms with Gasteiger partial charge in [-0.15, -0.1) is 0 Å². The van der Waals surface area contributed by atoms with Crippen molar-refractivity contribution in [2.24, 2.45) is 17.8 Å². The summed E-state index contributed by atoms with van der Waals surface area (Å²) >= 11 is 4.79. The van der Waals surface area contributed by atoms with Crippen molar-refractivity contribution in [2.75, 3.05) is 0 Å². The van der Waals surface area contributed by atoms with Gasteiger partial charge >= 0.3 is 5.97 Å². The Kier molecular flexibility index (Phi) is 11.9. The highest BCUT2D eigenvalue weighted by atomic mass is 32.1.